The summed E-state index contributed by atoms with van der Waals surface area (Å²) in [4.78, 5) is 35.7. The van der Waals surface area contributed by atoms with E-state index in [4.69, 9.17) is 32.5 Å². The van der Waals surface area contributed by atoms with Gasteiger partial charge in [0.25, 0.3) is 5.91 Å². The molecule has 0 saturated heterocycles. The summed E-state index contributed by atoms with van der Waals surface area (Å²) >= 11 is 6.59. The van der Waals surface area contributed by atoms with Gasteiger partial charge in [-0.2, -0.15) is 0 Å². The fourth-order valence-electron chi connectivity index (χ4n) is 6.01. The average molecular weight is 738 g/mol. The number of alkyl halides is 2. The normalized spacial score (nSPS) is 19.5. The van der Waals surface area contributed by atoms with Crippen molar-refractivity contribution in [1.82, 2.24) is 10.3 Å². The predicted octanol–water partition coefficient (Wildman–Crippen LogP) is 4.84. The molecule has 3 aliphatic rings. The molecular weight excluding hydrogens is 707 g/mol. The maximum Gasteiger partial charge on any atom is 0.586 e. The van der Waals surface area contributed by atoms with Crippen LogP contribution < -0.4 is 35.7 Å². The quantitative estimate of drug-likeness (QED) is 0.131. The van der Waals surface area contributed by atoms with Crippen molar-refractivity contribution in [2.75, 3.05) is 26.0 Å². The first-order valence-electron chi connectivity index (χ1n) is 16.0. The number of hydrogen-bond acceptors (Lipinski definition) is 10. The molecule has 2 atom stereocenters. The van der Waals surface area contributed by atoms with Crippen LogP contribution in [0.5, 0.6) is 23.0 Å². The lowest BCUT2D eigenvalue weighted by molar-refractivity contribution is -0.286. The number of anilines is 1. The fourth-order valence-corrected chi connectivity index (χ4v) is 6.29. The van der Waals surface area contributed by atoms with E-state index in [1.807, 2.05) is 0 Å². The molecule has 0 radical (unpaired) electrons. The van der Waals surface area contributed by atoms with E-state index in [-0.39, 0.29) is 74.2 Å². The van der Waals surface area contributed by atoms with E-state index in [9.17, 15) is 27.9 Å². The van der Waals surface area contributed by atoms with Crippen LogP contribution in [0.3, 0.4) is 0 Å². The number of aliphatic hydroxyl groups is 1. The molecular formula is C36H31ClF3N5O7. The number of carbonyl (C=O) groups is 2. The molecule has 6 N–H and O–H groups in total. The summed E-state index contributed by atoms with van der Waals surface area (Å²) in [7, 11) is 1.40. The van der Waals surface area contributed by atoms with E-state index in [1.165, 1.54) is 56.5 Å². The van der Waals surface area contributed by atoms with Gasteiger partial charge in [-0.3, -0.25) is 14.6 Å². The Balaban J connectivity index is 1.35. The van der Waals surface area contributed by atoms with Gasteiger partial charge in [0.15, 0.2) is 11.5 Å². The van der Waals surface area contributed by atoms with Gasteiger partial charge in [0, 0.05) is 28.5 Å². The Hall–Kier alpha value is -5.54. The molecule has 2 amide bonds. The fraction of sp³-hybridized carbons (Fsp3) is 0.278. The van der Waals surface area contributed by atoms with Crippen molar-refractivity contribution < 1.29 is 46.8 Å². The van der Waals surface area contributed by atoms with Crippen molar-refractivity contribution >= 4 is 35.3 Å². The highest BCUT2D eigenvalue weighted by molar-refractivity contribution is 6.35. The molecule has 270 valence electrons. The minimum Gasteiger partial charge on any atom is -0.495 e. The minimum atomic E-state index is -3.99. The Kier molecular flexibility index (Phi) is 8.45. The number of methoxy groups -OCH3 is 1. The molecule has 0 spiro atoms. The Labute approximate surface area is 299 Å². The number of nitrogens with one attached hydrogen (secondary N) is 1. The number of benzene rings is 3. The summed E-state index contributed by atoms with van der Waals surface area (Å²) in [5.74, 6) is -2.73. The molecule has 4 aromatic rings. The van der Waals surface area contributed by atoms with Gasteiger partial charge in [-0.15, -0.1) is 8.78 Å². The van der Waals surface area contributed by atoms with Crippen LogP contribution in [0.1, 0.15) is 52.5 Å². The van der Waals surface area contributed by atoms with E-state index >= 15 is 0 Å². The van der Waals surface area contributed by atoms with Crippen molar-refractivity contribution in [3.63, 3.8) is 0 Å². The largest absolute Gasteiger partial charge is 0.586 e. The van der Waals surface area contributed by atoms with Crippen LogP contribution in [0.15, 0.2) is 59.6 Å². The number of aliphatic imine (C=N–C) groups is 1. The van der Waals surface area contributed by atoms with Crippen LogP contribution in [0.25, 0.3) is 11.3 Å². The van der Waals surface area contributed by atoms with Crippen molar-refractivity contribution in [2.45, 2.75) is 43.1 Å². The lowest BCUT2D eigenvalue weighted by Crippen LogP contribution is -2.43. The first kappa shape index (κ1) is 34.9. The molecule has 12 nitrogen and oxygen atoms in total. The molecule has 52 heavy (non-hydrogen) atoms. The standard InChI is InChI=1S/C36H31ClF3N5O7/c1-34(33(42)47)16-50-30-23(34)13-26(45-29(30)22-8-9-24-31(27(22)37)52-36(39,40)51-24)35(48,19-4-3-5-20(38)12-19)15-44-32(46)17-10-18(14-43-21-6-7-21)28(41)25(11-17)49-2/h3-5,8-14,21,48H,6-7,15-16,41H2,1-2H3,(H2,42,47)(H,44,46)/t34-,35+/m0/s1. The van der Waals surface area contributed by atoms with E-state index in [1.54, 1.807) is 6.21 Å². The number of hydrogen-bond donors (Lipinski definition) is 4. The van der Waals surface area contributed by atoms with Gasteiger partial charge in [0.2, 0.25) is 5.91 Å². The molecule has 2 aliphatic heterocycles. The molecule has 3 aromatic carbocycles. The summed E-state index contributed by atoms with van der Waals surface area (Å²) in [6.45, 7) is 0.683. The number of nitrogens with zero attached hydrogens (tertiary/aromatic N) is 2. The number of amides is 2. The van der Waals surface area contributed by atoms with Crippen LogP contribution in [0.4, 0.5) is 18.9 Å². The van der Waals surface area contributed by atoms with Crippen molar-refractivity contribution in [3.05, 3.63) is 93.4 Å². The third-order valence-corrected chi connectivity index (χ3v) is 9.62. The number of rotatable bonds is 10. The number of nitrogen functional groups attached to an aromatic ring is 1. The number of fused-ring (bicyclic) bond motifs is 2. The number of primary amides is 1. The highest BCUT2D eigenvalue weighted by Crippen LogP contribution is 2.53. The van der Waals surface area contributed by atoms with E-state index in [0.29, 0.717) is 5.56 Å². The monoisotopic (exact) mass is 737 g/mol. The first-order chi connectivity index (χ1) is 24.6. The minimum absolute atomic E-state index is 0.00789. The average Bonchev–Trinajstić information content (AvgIpc) is 3.79. The highest BCUT2D eigenvalue weighted by atomic mass is 35.5. The van der Waals surface area contributed by atoms with Gasteiger partial charge in [-0.1, -0.05) is 23.7 Å². The molecule has 1 aliphatic carbocycles. The lowest BCUT2D eigenvalue weighted by atomic mass is 9.80. The Morgan fingerprint density at radius 3 is 2.63 bits per heavy atom. The van der Waals surface area contributed by atoms with Crippen LogP contribution in [-0.4, -0.2) is 60.7 Å². The zero-order valence-electron chi connectivity index (χ0n) is 27.6. The zero-order valence-corrected chi connectivity index (χ0v) is 28.4. The second-order valence-electron chi connectivity index (χ2n) is 12.9. The summed E-state index contributed by atoms with van der Waals surface area (Å²) in [6.07, 6.45) is -0.512. The third-order valence-electron chi connectivity index (χ3n) is 9.24. The molecule has 1 fully saturated rings. The third kappa shape index (κ3) is 6.09. The summed E-state index contributed by atoms with van der Waals surface area (Å²) in [5.41, 5.74) is 9.01. The molecule has 7 rings (SSSR count). The first-order valence-corrected chi connectivity index (χ1v) is 16.4. The number of ether oxygens (including phenoxy) is 4. The topological polar surface area (TPSA) is 181 Å². The van der Waals surface area contributed by atoms with Gasteiger partial charge < -0.3 is 40.8 Å². The van der Waals surface area contributed by atoms with Crippen LogP contribution in [0, 0.1) is 5.82 Å². The maximum atomic E-state index is 14.8. The van der Waals surface area contributed by atoms with Crippen molar-refractivity contribution in [3.8, 4) is 34.3 Å². The Morgan fingerprint density at radius 2 is 1.94 bits per heavy atom. The smallest absolute Gasteiger partial charge is 0.495 e. The van der Waals surface area contributed by atoms with Crippen LogP contribution >= 0.6 is 11.6 Å². The Morgan fingerprint density at radius 1 is 1.17 bits per heavy atom. The number of pyridine rings is 1. The van der Waals surface area contributed by atoms with Gasteiger partial charge in [-0.05, 0) is 67.8 Å². The maximum absolute atomic E-state index is 14.8. The second kappa shape index (κ2) is 12.6. The van der Waals surface area contributed by atoms with Crippen molar-refractivity contribution in [2.24, 2.45) is 10.7 Å². The lowest BCUT2D eigenvalue weighted by Gasteiger charge is -2.30. The number of aromatic nitrogens is 1. The summed E-state index contributed by atoms with van der Waals surface area (Å²) in [5, 5.41) is 14.9. The number of halogens is 4. The predicted molar refractivity (Wildman–Crippen MR) is 183 cm³/mol. The van der Waals surface area contributed by atoms with Gasteiger partial charge in [-0.25, -0.2) is 9.37 Å². The van der Waals surface area contributed by atoms with E-state index < -0.39 is 47.2 Å². The van der Waals surface area contributed by atoms with Gasteiger partial charge in [0.05, 0.1) is 36.1 Å². The molecule has 1 aromatic heterocycles. The van der Waals surface area contributed by atoms with E-state index in [0.717, 1.165) is 25.0 Å². The molecule has 0 bridgehead atoms. The molecule has 1 saturated carbocycles. The molecule has 0 unspecified atom stereocenters. The summed E-state index contributed by atoms with van der Waals surface area (Å²) in [6, 6.07) is 12.0. The van der Waals surface area contributed by atoms with E-state index in [2.05, 4.69) is 24.8 Å². The number of nitrogens with two attached hydrogens (primary N) is 2. The van der Waals surface area contributed by atoms with Gasteiger partial charge >= 0.3 is 6.29 Å². The molecule has 16 heteroatoms. The highest BCUT2D eigenvalue weighted by Gasteiger charge is 2.48. The summed E-state index contributed by atoms with van der Waals surface area (Å²) < 4.78 is 63.3. The second-order valence-corrected chi connectivity index (χ2v) is 13.3. The van der Waals surface area contributed by atoms with Crippen LogP contribution in [0.2, 0.25) is 5.02 Å². The number of carbonyl (C=O) groups excluding carboxylic acids is 2. The zero-order chi connectivity index (χ0) is 37.2. The molecule has 3 heterocycles. The van der Waals surface area contributed by atoms with Crippen LogP contribution in [-0.2, 0) is 15.8 Å². The van der Waals surface area contributed by atoms with Crippen molar-refractivity contribution in [1.29, 1.82) is 0 Å². The SMILES string of the molecule is COc1cc(C(=O)NC[C@@](O)(c2cccc(F)c2)c2cc3c(c(-c4ccc5c(c4Cl)OC(F)(F)O5)n2)OC[C@]3(C)C(N)=O)cc(C=NC2CC2)c1N. The van der Waals surface area contributed by atoms with Gasteiger partial charge in [0.1, 0.15) is 40.6 Å². The Bertz CT molecular complexity index is 2180.